The summed E-state index contributed by atoms with van der Waals surface area (Å²) in [6.07, 6.45) is 1.68. The van der Waals surface area contributed by atoms with Crippen molar-refractivity contribution in [2.24, 2.45) is 5.92 Å². The van der Waals surface area contributed by atoms with Crippen LogP contribution in [0.5, 0.6) is 0 Å². The monoisotopic (exact) mass is 462 g/mol. The molecule has 0 radical (unpaired) electrons. The van der Waals surface area contributed by atoms with Crippen molar-refractivity contribution in [1.82, 2.24) is 4.72 Å². The maximum atomic E-state index is 13.0. The summed E-state index contributed by atoms with van der Waals surface area (Å²) in [5.74, 6) is 0.514. The summed E-state index contributed by atoms with van der Waals surface area (Å²) in [5, 5.41) is 0. The highest BCUT2D eigenvalue weighted by molar-refractivity contribution is 7.89. The maximum Gasteiger partial charge on any atom is 0.258 e. The van der Waals surface area contributed by atoms with Crippen molar-refractivity contribution >= 4 is 21.6 Å². The number of aryl methyl sites for hydroxylation is 1. The maximum absolute atomic E-state index is 13.0. The predicted molar refractivity (Wildman–Crippen MR) is 132 cm³/mol. The van der Waals surface area contributed by atoms with Crippen LogP contribution in [0, 0.1) is 12.8 Å². The SMILES string of the molecule is Cc1cccc(C(=O)N2CCc3cc(CNS(=O)(=O)c4ccc(CC(C)C)cc4)ccc32)c1. The van der Waals surface area contributed by atoms with Gasteiger partial charge in [0, 0.05) is 24.3 Å². The number of hydrogen-bond acceptors (Lipinski definition) is 3. The first-order chi connectivity index (χ1) is 15.7. The normalized spacial score (nSPS) is 13.4. The third-order valence-corrected chi connectivity index (χ3v) is 7.31. The molecule has 33 heavy (non-hydrogen) atoms. The van der Waals surface area contributed by atoms with Gasteiger partial charge in [-0.2, -0.15) is 0 Å². The van der Waals surface area contributed by atoms with Crippen molar-refractivity contribution in [1.29, 1.82) is 0 Å². The highest BCUT2D eigenvalue weighted by atomic mass is 32.2. The largest absolute Gasteiger partial charge is 0.308 e. The molecule has 0 bridgehead atoms. The highest BCUT2D eigenvalue weighted by Gasteiger charge is 2.26. The van der Waals surface area contributed by atoms with Crippen LogP contribution in [0.15, 0.2) is 71.6 Å². The number of hydrogen-bond donors (Lipinski definition) is 1. The molecule has 0 atom stereocenters. The quantitative estimate of drug-likeness (QED) is 0.544. The first-order valence-corrected chi connectivity index (χ1v) is 12.8. The van der Waals surface area contributed by atoms with Gasteiger partial charge in [0.1, 0.15) is 0 Å². The number of benzene rings is 3. The van der Waals surface area contributed by atoms with Gasteiger partial charge in [-0.1, -0.05) is 55.8 Å². The van der Waals surface area contributed by atoms with E-state index in [1.165, 1.54) is 0 Å². The zero-order valence-electron chi connectivity index (χ0n) is 19.3. The lowest BCUT2D eigenvalue weighted by Gasteiger charge is -2.18. The minimum absolute atomic E-state index is 0.00758. The lowest BCUT2D eigenvalue weighted by atomic mass is 10.0. The molecule has 0 spiro atoms. The second kappa shape index (κ2) is 9.49. The molecule has 0 aliphatic carbocycles. The Morgan fingerprint density at radius 3 is 2.42 bits per heavy atom. The van der Waals surface area contributed by atoms with E-state index in [4.69, 9.17) is 0 Å². The summed E-state index contributed by atoms with van der Waals surface area (Å²) >= 11 is 0. The smallest absolute Gasteiger partial charge is 0.258 e. The van der Waals surface area contributed by atoms with E-state index in [2.05, 4.69) is 18.6 Å². The Morgan fingerprint density at radius 1 is 1.00 bits per heavy atom. The topological polar surface area (TPSA) is 66.5 Å². The number of nitrogens with zero attached hydrogens (tertiary/aromatic N) is 1. The number of rotatable bonds is 7. The Labute approximate surface area is 196 Å². The van der Waals surface area contributed by atoms with Crippen LogP contribution in [0.25, 0.3) is 0 Å². The molecule has 3 aromatic rings. The van der Waals surface area contributed by atoms with Crippen LogP contribution in [0.3, 0.4) is 0 Å². The number of carbonyl (C=O) groups is 1. The van der Waals surface area contributed by atoms with Gasteiger partial charge in [0.25, 0.3) is 5.91 Å². The first kappa shape index (κ1) is 23.2. The third kappa shape index (κ3) is 5.34. The number of amides is 1. The highest BCUT2D eigenvalue weighted by Crippen LogP contribution is 2.30. The Hall–Kier alpha value is -2.96. The minimum Gasteiger partial charge on any atom is -0.308 e. The van der Waals surface area contributed by atoms with Gasteiger partial charge in [0.05, 0.1) is 4.90 Å². The second-order valence-corrected chi connectivity index (χ2v) is 10.9. The van der Waals surface area contributed by atoms with E-state index in [9.17, 15) is 13.2 Å². The van der Waals surface area contributed by atoms with Crippen molar-refractivity contribution in [3.8, 4) is 0 Å². The molecule has 0 saturated carbocycles. The zero-order valence-corrected chi connectivity index (χ0v) is 20.2. The van der Waals surface area contributed by atoms with E-state index < -0.39 is 10.0 Å². The van der Waals surface area contributed by atoms with Crippen molar-refractivity contribution < 1.29 is 13.2 Å². The number of carbonyl (C=O) groups excluding carboxylic acids is 1. The molecule has 1 N–H and O–H groups in total. The molecule has 1 aliphatic heterocycles. The predicted octanol–water partition coefficient (Wildman–Crippen LogP) is 4.87. The van der Waals surface area contributed by atoms with E-state index in [-0.39, 0.29) is 17.3 Å². The molecular weight excluding hydrogens is 432 g/mol. The molecule has 5 nitrogen and oxygen atoms in total. The third-order valence-electron chi connectivity index (χ3n) is 5.89. The first-order valence-electron chi connectivity index (χ1n) is 11.3. The molecular formula is C27H30N2O3S. The molecule has 4 rings (SSSR count). The van der Waals surface area contributed by atoms with Gasteiger partial charge >= 0.3 is 0 Å². The van der Waals surface area contributed by atoms with Gasteiger partial charge in [0.15, 0.2) is 0 Å². The van der Waals surface area contributed by atoms with Crippen LogP contribution >= 0.6 is 0 Å². The number of sulfonamides is 1. The average Bonchev–Trinajstić information content (AvgIpc) is 3.20. The summed E-state index contributed by atoms with van der Waals surface area (Å²) in [5.41, 5.74) is 5.70. The standard InChI is InChI=1S/C27H30N2O3S/c1-19(2)15-21-7-10-25(11-8-21)33(31,32)28-18-22-9-12-26-23(17-22)13-14-29(26)27(30)24-6-4-5-20(3)16-24/h4-12,16-17,19,28H,13-15,18H2,1-3H3. The Morgan fingerprint density at radius 2 is 1.73 bits per heavy atom. The van der Waals surface area contributed by atoms with Crippen LogP contribution in [0.4, 0.5) is 5.69 Å². The second-order valence-electron chi connectivity index (χ2n) is 9.11. The van der Waals surface area contributed by atoms with Crippen molar-refractivity contribution in [3.05, 3.63) is 94.5 Å². The summed E-state index contributed by atoms with van der Waals surface area (Å²) in [6.45, 7) is 7.08. The van der Waals surface area contributed by atoms with Crippen molar-refractivity contribution in [2.75, 3.05) is 11.4 Å². The fourth-order valence-electron chi connectivity index (χ4n) is 4.25. The fraction of sp³-hybridized carbons (Fsp3) is 0.296. The van der Waals surface area contributed by atoms with Crippen LogP contribution in [0.2, 0.25) is 0 Å². The van der Waals surface area contributed by atoms with Crippen LogP contribution in [-0.2, 0) is 29.4 Å². The van der Waals surface area contributed by atoms with Gasteiger partial charge < -0.3 is 4.90 Å². The lowest BCUT2D eigenvalue weighted by Crippen LogP contribution is -2.28. The summed E-state index contributed by atoms with van der Waals surface area (Å²) in [4.78, 5) is 15.0. The molecule has 1 amide bonds. The fourth-order valence-corrected chi connectivity index (χ4v) is 5.27. The molecule has 0 unspecified atom stereocenters. The molecule has 0 saturated heterocycles. The summed E-state index contributed by atoms with van der Waals surface area (Å²) in [7, 11) is -3.60. The summed E-state index contributed by atoms with van der Waals surface area (Å²) < 4.78 is 28.2. The molecule has 6 heteroatoms. The van der Waals surface area contributed by atoms with E-state index >= 15 is 0 Å². The molecule has 3 aromatic carbocycles. The number of anilines is 1. The van der Waals surface area contributed by atoms with Crippen LogP contribution in [-0.4, -0.2) is 20.9 Å². The van der Waals surface area contributed by atoms with Crippen molar-refractivity contribution in [2.45, 2.75) is 45.1 Å². The Kier molecular flexibility index (Phi) is 6.68. The van der Waals surface area contributed by atoms with Gasteiger partial charge in [-0.15, -0.1) is 0 Å². The van der Waals surface area contributed by atoms with E-state index in [0.29, 0.717) is 18.0 Å². The van der Waals surface area contributed by atoms with E-state index in [1.807, 2.05) is 61.5 Å². The zero-order chi connectivity index (χ0) is 23.6. The minimum atomic E-state index is -3.60. The molecule has 0 aromatic heterocycles. The van der Waals surface area contributed by atoms with Gasteiger partial charge in [-0.25, -0.2) is 13.1 Å². The van der Waals surface area contributed by atoms with Gasteiger partial charge in [-0.05, 0) is 72.7 Å². The van der Waals surface area contributed by atoms with E-state index in [1.54, 1.807) is 17.0 Å². The van der Waals surface area contributed by atoms with Gasteiger partial charge in [0.2, 0.25) is 10.0 Å². The molecule has 0 fully saturated rings. The molecule has 1 heterocycles. The number of fused-ring (bicyclic) bond motifs is 1. The van der Waals surface area contributed by atoms with Crippen molar-refractivity contribution in [3.63, 3.8) is 0 Å². The van der Waals surface area contributed by atoms with Crippen LogP contribution < -0.4 is 9.62 Å². The average molecular weight is 463 g/mol. The van der Waals surface area contributed by atoms with E-state index in [0.717, 1.165) is 40.8 Å². The Balaban J connectivity index is 1.44. The van der Waals surface area contributed by atoms with Gasteiger partial charge in [-0.3, -0.25) is 4.79 Å². The Bertz CT molecular complexity index is 1260. The number of nitrogens with one attached hydrogen (secondary N) is 1. The summed E-state index contributed by atoms with van der Waals surface area (Å²) in [6, 6.07) is 20.5. The van der Waals surface area contributed by atoms with Crippen LogP contribution in [0.1, 0.15) is 46.5 Å². The molecule has 1 aliphatic rings. The molecule has 172 valence electrons. The lowest BCUT2D eigenvalue weighted by molar-refractivity contribution is 0.0989.